The molecule has 1 unspecified atom stereocenters. The Morgan fingerprint density at radius 1 is 1.27 bits per heavy atom. The zero-order chi connectivity index (χ0) is 19.2. The first-order valence-electron chi connectivity index (χ1n) is 10.3. The molecule has 2 fully saturated rings. The molecule has 1 heterocycles. The molecule has 1 aliphatic carbocycles. The molecule has 0 bridgehead atoms. The van der Waals surface area contributed by atoms with Crippen molar-refractivity contribution in [2.75, 3.05) is 32.8 Å². The maximum Gasteiger partial charge on any atom is 0.407 e. The predicted octanol–water partition coefficient (Wildman–Crippen LogP) is 4.24. The minimum atomic E-state index is -0.774. The maximum absolute atomic E-state index is 12.0. The van der Waals surface area contributed by atoms with Crippen molar-refractivity contribution in [2.45, 2.75) is 70.9 Å². The highest BCUT2D eigenvalue weighted by Crippen LogP contribution is 2.34. The van der Waals surface area contributed by atoms with Crippen molar-refractivity contribution in [3.8, 4) is 0 Å². The van der Waals surface area contributed by atoms with Crippen LogP contribution in [0.4, 0.5) is 4.79 Å². The Bertz CT molecular complexity index is 461. The summed E-state index contributed by atoms with van der Waals surface area (Å²) in [6.07, 6.45) is 7.96. The predicted molar refractivity (Wildman–Crippen MR) is 106 cm³/mol. The fourth-order valence-electron chi connectivity index (χ4n) is 4.77. The molecule has 1 aliphatic heterocycles. The molecule has 0 aromatic carbocycles. The number of amides is 1. The van der Waals surface area contributed by atoms with E-state index in [0.717, 1.165) is 45.5 Å². The van der Waals surface area contributed by atoms with Gasteiger partial charge in [0.1, 0.15) is 0 Å². The number of rotatable bonds is 7. The average molecular weight is 367 g/mol. The third-order valence-electron chi connectivity index (χ3n) is 5.81. The zero-order valence-electron chi connectivity index (χ0n) is 17.0. The highest BCUT2D eigenvalue weighted by molar-refractivity contribution is 5.66. The minimum Gasteiger partial charge on any atom is -0.465 e. The number of piperidine rings is 1. The number of likely N-dealkylation sites (tertiary alicyclic amines) is 1. The molecule has 0 radical (unpaired) electrons. The molecule has 0 spiro atoms. The highest BCUT2D eigenvalue weighted by atomic mass is 16.5. The van der Waals surface area contributed by atoms with Crippen molar-refractivity contribution in [1.82, 2.24) is 9.80 Å². The summed E-state index contributed by atoms with van der Waals surface area (Å²) in [7, 11) is 0. The van der Waals surface area contributed by atoms with Crippen LogP contribution in [0.25, 0.3) is 0 Å². The first-order chi connectivity index (χ1) is 12.3. The Morgan fingerprint density at radius 3 is 2.65 bits per heavy atom. The van der Waals surface area contributed by atoms with Gasteiger partial charge in [-0.25, -0.2) is 4.79 Å². The molecule has 26 heavy (non-hydrogen) atoms. The lowest BCUT2D eigenvalue weighted by Crippen LogP contribution is -2.56. The summed E-state index contributed by atoms with van der Waals surface area (Å²) in [5.74, 6) is 1.02. The van der Waals surface area contributed by atoms with Crippen LogP contribution in [0.3, 0.4) is 0 Å². The van der Waals surface area contributed by atoms with Gasteiger partial charge in [-0.15, -0.1) is 6.58 Å². The topological polar surface area (TPSA) is 53.0 Å². The van der Waals surface area contributed by atoms with Gasteiger partial charge in [-0.1, -0.05) is 18.9 Å². The third kappa shape index (κ3) is 5.98. The molecule has 3 atom stereocenters. The molecule has 1 N–H and O–H groups in total. The Kier molecular flexibility index (Phi) is 7.96. The van der Waals surface area contributed by atoms with E-state index in [2.05, 4.69) is 11.5 Å². The molecule has 1 amide bonds. The van der Waals surface area contributed by atoms with Crippen LogP contribution in [-0.4, -0.2) is 65.4 Å². The molecule has 0 aromatic heterocycles. The van der Waals surface area contributed by atoms with Crippen LogP contribution in [0.2, 0.25) is 0 Å². The molecule has 150 valence electrons. The normalized spacial score (nSPS) is 27.9. The molecule has 1 saturated carbocycles. The van der Waals surface area contributed by atoms with Crippen molar-refractivity contribution >= 4 is 6.09 Å². The Labute approximate surface area is 159 Å². The Hall–Kier alpha value is -1.07. The van der Waals surface area contributed by atoms with E-state index >= 15 is 0 Å². The van der Waals surface area contributed by atoms with Gasteiger partial charge in [0.05, 0.1) is 13.2 Å². The molecule has 0 aromatic rings. The van der Waals surface area contributed by atoms with E-state index in [1.165, 1.54) is 19.3 Å². The van der Waals surface area contributed by atoms with Crippen molar-refractivity contribution < 1.29 is 14.6 Å². The summed E-state index contributed by atoms with van der Waals surface area (Å²) in [6, 6.07) is 0.138. The van der Waals surface area contributed by atoms with E-state index < -0.39 is 6.09 Å². The summed E-state index contributed by atoms with van der Waals surface area (Å²) in [4.78, 5) is 16.2. The lowest BCUT2D eigenvalue weighted by molar-refractivity contribution is 0.0124. The molecular formula is C21H38N2O3. The smallest absolute Gasteiger partial charge is 0.407 e. The van der Waals surface area contributed by atoms with E-state index in [9.17, 15) is 9.90 Å². The average Bonchev–Trinajstić information content (AvgIpc) is 2.56. The second-order valence-electron chi connectivity index (χ2n) is 9.03. The molecule has 2 aliphatic rings. The highest BCUT2D eigenvalue weighted by Gasteiger charge is 2.39. The summed E-state index contributed by atoms with van der Waals surface area (Å²) in [6.45, 7) is 14.4. The van der Waals surface area contributed by atoms with Gasteiger partial charge < -0.3 is 19.6 Å². The van der Waals surface area contributed by atoms with Crippen LogP contribution >= 0.6 is 0 Å². The number of hydrogen-bond acceptors (Lipinski definition) is 3. The molecule has 2 rings (SSSR count). The number of hydrogen-bond donors (Lipinski definition) is 1. The number of carbonyl (C=O) groups is 1. The second-order valence-corrected chi connectivity index (χ2v) is 9.03. The van der Waals surface area contributed by atoms with Crippen LogP contribution < -0.4 is 0 Å². The number of ether oxygens (including phenoxy) is 1. The number of nitrogens with zero attached hydrogens (tertiary/aromatic N) is 2. The Morgan fingerprint density at radius 2 is 2.00 bits per heavy atom. The fraction of sp³-hybridized carbons (Fsp3) is 0.857. The first kappa shape index (κ1) is 21.2. The van der Waals surface area contributed by atoms with Crippen LogP contribution in [0.15, 0.2) is 12.7 Å². The summed E-state index contributed by atoms with van der Waals surface area (Å²) in [5.41, 5.74) is -0.352. The monoisotopic (exact) mass is 366 g/mol. The SMILES string of the molecule is C=CCOCC1CCCN(C[C@@H]2CCCC[C@H]2N(C(=O)O)C(C)(C)C)C1. The van der Waals surface area contributed by atoms with Gasteiger partial charge in [0.15, 0.2) is 0 Å². The molecular weight excluding hydrogens is 328 g/mol. The van der Waals surface area contributed by atoms with Gasteiger partial charge in [-0.3, -0.25) is 0 Å². The van der Waals surface area contributed by atoms with E-state index in [1.54, 1.807) is 11.0 Å². The van der Waals surface area contributed by atoms with Crippen molar-refractivity contribution in [2.24, 2.45) is 11.8 Å². The minimum absolute atomic E-state index is 0.138. The van der Waals surface area contributed by atoms with Crippen LogP contribution in [0, 0.1) is 11.8 Å². The molecule has 1 saturated heterocycles. The van der Waals surface area contributed by atoms with Crippen LogP contribution in [0.1, 0.15) is 59.3 Å². The lowest BCUT2D eigenvalue weighted by atomic mass is 9.81. The summed E-state index contributed by atoms with van der Waals surface area (Å²) < 4.78 is 5.67. The summed E-state index contributed by atoms with van der Waals surface area (Å²) >= 11 is 0. The van der Waals surface area contributed by atoms with E-state index in [1.807, 2.05) is 20.8 Å². The van der Waals surface area contributed by atoms with Gasteiger partial charge in [-0.05, 0) is 64.8 Å². The first-order valence-corrected chi connectivity index (χ1v) is 10.3. The van der Waals surface area contributed by atoms with Gasteiger partial charge in [0, 0.05) is 24.7 Å². The second kappa shape index (κ2) is 9.75. The van der Waals surface area contributed by atoms with Gasteiger partial charge in [0.2, 0.25) is 0 Å². The van der Waals surface area contributed by atoms with Crippen molar-refractivity contribution in [3.05, 3.63) is 12.7 Å². The number of carboxylic acid groups (broad SMARTS) is 1. The van der Waals surface area contributed by atoms with Gasteiger partial charge >= 0.3 is 6.09 Å². The third-order valence-corrected chi connectivity index (χ3v) is 5.81. The Balaban J connectivity index is 1.98. The van der Waals surface area contributed by atoms with Gasteiger partial charge in [-0.2, -0.15) is 0 Å². The zero-order valence-corrected chi connectivity index (χ0v) is 17.0. The van der Waals surface area contributed by atoms with Crippen molar-refractivity contribution in [1.29, 1.82) is 0 Å². The van der Waals surface area contributed by atoms with E-state index in [-0.39, 0.29) is 11.6 Å². The standard InChI is InChI=1S/C21H38N2O3/c1-5-13-26-16-17-9-8-12-22(14-17)15-18-10-6-7-11-19(18)23(20(24)25)21(2,3)4/h5,17-19H,1,6-16H2,2-4H3,(H,24,25)/t17?,18-,19+/m0/s1. The fourth-order valence-corrected chi connectivity index (χ4v) is 4.77. The molecule has 5 nitrogen and oxygen atoms in total. The van der Waals surface area contributed by atoms with Crippen LogP contribution in [0.5, 0.6) is 0 Å². The van der Waals surface area contributed by atoms with Crippen molar-refractivity contribution in [3.63, 3.8) is 0 Å². The lowest BCUT2D eigenvalue weighted by Gasteiger charge is -2.47. The largest absolute Gasteiger partial charge is 0.465 e. The van der Waals surface area contributed by atoms with Gasteiger partial charge in [0.25, 0.3) is 0 Å². The molecule has 5 heteroatoms. The quantitative estimate of drug-likeness (QED) is 0.541. The van der Waals surface area contributed by atoms with E-state index in [4.69, 9.17) is 4.74 Å². The van der Waals surface area contributed by atoms with E-state index in [0.29, 0.717) is 18.4 Å². The van der Waals surface area contributed by atoms with Crippen LogP contribution in [-0.2, 0) is 4.74 Å². The maximum atomic E-state index is 12.0. The summed E-state index contributed by atoms with van der Waals surface area (Å²) in [5, 5.41) is 9.84.